The van der Waals surface area contributed by atoms with E-state index in [4.69, 9.17) is 9.47 Å². The molecule has 0 aliphatic carbocycles. The van der Waals surface area contributed by atoms with E-state index in [1.54, 1.807) is 6.07 Å². The van der Waals surface area contributed by atoms with Gasteiger partial charge in [0.15, 0.2) is 0 Å². The first-order valence-corrected chi connectivity index (χ1v) is 14.1. The minimum atomic E-state index is -3.39. The third kappa shape index (κ3) is 7.51. The SMILES string of the molecule is CCOc1cccc(Oc2ccc(CN(Cc3ccccc3)c3cccc(NS(C)(=O)=O)c3C)cc2)c1. The van der Waals surface area contributed by atoms with Gasteiger partial charge in [0.2, 0.25) is 10.0 Å². The van der Waals surface area contributed by atoms with Crippen LogP contribution < -0.4 is 19.1 Å². The molecule has 0 radical (unpaired) electrons. The third-order valence-electron chi connectivity index (χ3n) is 5.81. The zero-order valence-electron chi connectivity index (χ0n) is 21.3. The first-order chi connectivity index (χ1) is 17.8. The zero-order chi connectivity index (χ0) is 26.3. The lowest BCUT2D eigenvalue weighted by Crippen LogP contribution is -2.23. The van der Waals surface area contributed by atoms with Gasteiger partial charge in [0.1, 0.15) is 17.2 Å². The van der Waals surface area contributed by atoms with Crippen molar-refractivity contribution >= 4 is 21.4 Å². The monoisotopic (exact) mass is 516 g/mol. The lowest BCUT2D eigenvalue weighted by atomic mass is 10.1. The van der Waals surface area contributed by atoms with Gasteiger partial charge >= 0.3 is 0 Å². The predicted octanol–water partition coefficient (Wildman–Crippen LogP) is 6.76. The maximum Gasteiger partial charge on any atom is 0.229 e. The molecule has 0 atom stereocenters. The van der Waals surface area contributed by atoms with E-state index in [1.165, 1.54) is 0 Å². The largest absolute Gasteiger partial charge is 0.494 e. The second-order valence-corrected chi connectivity index (χ2v) is 10.6. The number of sulfonamides is 1. The minimum Gasteiger partial charge on any atom is -0.494 e. The van der Waals surface area contributed by atoms with Gasteiger partial charge in [-0.05, 0) is 66.9 Å². The summed E-state index contributed by atoms with van der Waals surface area (Å²) in [6, 6.07) is 31.5. The van der Waals surface area contributed by atoms with E-state index in [2.05, 4.69) is 21.8 Å². The fourth-order valence-electron chi connectivity index (χ4n) is 4.12. The van der Waals surface area contributed by atoms with E-state index in [0.29, 0.717) is 25.4 Å². The summed E-state index contributed by atoms with van der Waals surface area (Å²) in [5, 5.41) is 0. The van der Waals surface area contributed by atoms with Crippen LogP contribution in [-0.2, 0) is 23.1 Å². The first-order valence-electron chi connectivity index (χ1n) is 12.2. The predicted molar refractivity (Wildman–Crippen MR) is 150 cm³/mol. The van der Waals surface area contributed by atoms with Crippen molar-refractivity contribution in [2.45, 2.75) is 26.9 Å². The molecule has 0 bridgehead atoms. The molecule has 7 heteroatoms. The average Bonchev–Trinajstić information content (AvgIpc) is 2.86. The fourth-order valence-corrected chi connectivity index (χ4v) is 4.74. The molecule has 4 aromatic carbocycles. The molecule has 6 nitrogen and oxygen atoms in total. The van der Waals surface area contributed by atoms with Gasteiger partial charge in [-0.1, -0.05) is 54.6 Å². The summed E-state index contributed by atoms with van der Waals surface area (Å²) < 4.78 is 38.0. The van der Waals surface area contributed by atoms with E-state index in [1.807, 2.05) is 92.7 Å². The number of hydrogen-bond acceptors (Lipinski definition) is 5. The second kappa shape index (κ2) is 11.8. The Bertz CT molecular complexity index is 1420. The Morgan fingerprint density at radius 2 is 1.41 bits per heavy atom. The van der Waals surface area contributed by atoms with Gasteiger partial charge in [-0.3, -0.25) is 4.72 Å². The number of nitrogens with one attached hydrogen (secondary N) is 1. The van der Waals surface area contributed by atoms with Crippen LogP contribution in [0.3, 0.4) is 0 Å². The lowest BCUT2D eigenvalue weighted by Gasteiger charge is -2.28. The summed E-state index contributed by atoms with van der Waals surface area (Å²) in [5.74, 6) is 2.23. The summed E-state index contributed by atoms with van der Waals surface area (Å²) in [6.07, 6.45) is 1.16. The first kappa shape index (κ1) is 26.1. The minimum absolute atomic E-state index is 0.580. The highest BCUT2D eigenvalue weighted by Gasteiger charge is 2.15. The van der Waals surface area contributed by atoms with Crippen LogP contribution in [0.4, 0.5) is 11.4 Å². The summed E-state index contributed by atoms with van der Waals surface area (Å²) in [5.41, 5.74) is 4.68. The van der Waals surface area contributed by atoms with Gasteiger partial charge < -0.3 is 14.4 Å². The summed E-state index contributed by atoms with van der Waals surface area (Å²) in [7, 11) is -3.39. The smallest absolute Gasteiger partial charge is 0.229 e. The number of ether oxygens (including phenoxy) is 2. The Morgan fingerprint density at radius 1 is 0.757 bits per heavy atom. The summed E-state index contributed by atoms with van der Waals surface area (Å²) in [4.78, 5) is 2.25. The molecule has 0 heterocycles. The molecule has 192 valence electrons. The number of nitrogens with zero attached hydrogens (tertiary/aromatic N) is 1. The van der Waals surface area contributed by atoms with E-state index in [0.717, 1.165) is 45.9 Å². The zero-order valence-corrected chi connectivity index (χ0v) is 22.2. The van der Waals surface area contributed by atoms with Gasteiger partial charge in [-0.2, -0.15) is 0 Å². The van der Waals surface area contributed by atoms with E-state index in [-0.39, 0.29) is 0 Å². The van der Waals surface area contributed by atoms with Crippen LogP contribution in [0.2, 0.25) is 0 Å². The van der Waals surface area contributed by atoms with Crippen molar-refractivity contribution in [3.63, 3.8) is 0 Å². The molecule has 0 amide bonds. The maximum atomic E-state index is 11.9. The average molecular weight is 517 g/mol. The Balaban J connectivity index is 1.57. The molecule has 4 aromatic rings. The number of anilines is 2. The van der Waals surface area contributed by atoms with Gasteiger partial charge in [0.25, 0.3) is 0 Å². The molecule has 0 aliphatic heterocycles. The second-order valence-electron chi connectivity index (χ2n) is 8.82. The molecule has 0 spiro atoms. The van der Waals surface area contributed by atoms with Crippen LogP contribution in [0.1, 0.15) is 23.6 Å². The number of rotatable bonds is 11. The maximum absolute atomic E-state index is 11.9. The van der Waals surface area contributed by atoms with E-state index >= 15 is 0 Å². The van der Waals surface area contributed by atoms with Crippen molar-refractivity contribution in [3.8, 4) is 17.2 Å². The van der Waals surface area contributed by atoms with E-state index < -0.39 is 10.0 Å². The van der Waals surface area contributed by atoms with Gasteiger partial charge in [0, 0.05) is 24.8 Å². The molecule has 0 saturated heterocycles. The van der Waals surface area contributed by atoms with Crippen molar-refractivity contribution in [3.05, 3.63) is 114 Å². The van der Waals surface area contributed by atoms with Crippen LogP contribution in [0.15, 0.2) is 97.1 Å². The summed E-state index contributed by atoms with van der Waals surface area (Å²) in [6.45, 7) is 5.80. The molecule has 1 N–H and O–H groups in total. The topological polar surface area (TPSA) is 67.9 Å². The van der Waals surface area contributed by atoms with Crippen LogP contribution in [0.25, 0.3) is 0 Å². The number of benzene rings is 4. The molecular weight excluding hydrogens is 484 g/mol. The molecule has 0 aromatic heterocycles. The Morgan fingerprint density at radius 3 is 2.08 bits per heavy atom. The molecular formula is C30H32N2O4S. The highest BCUT2D eigenvalue weighted by molar-refractivity contribution is 7.92. The van der Waals surface area contributed by atoms with Gasteiger partial charge in [-0.15, -0.1) is 0 Å². The molecule has 0 fully saturated rings. The van der Waals surface area contributed by atoms with Gasteiger partial charge in [-0.25, -0.2) is 8.42 Å². The molecule has 4 rings (SSSR count). The molecule has 0 aliphatic rings. The molecule has 0 saturated carbocycles. The lowest BCUT2D eigenvalue weighted by molar-refractivity contribution is 0.338. The summed E-state index contributed by atoms with van der Waals surface area (Å²) >= 11 is 0. The van der Waals surface area contributed by atoms with Gasteiger partial charge in [0.05, 0.1) is 18.6 Å². The quantitative estimate of drug-likeness (QED) is 0.238. The van der Waals surface area contributed by atoms with Crippen molar-refractivity contribution in [2.75, 3.05) is 22.5 Å². The molecule has 37 heavy (non-hydrogen) atoms. The van der Waals surface area contributed by atoms with Crippen LogP contribution in [-0.4, -0.2) is 21.3 Å². The molecule has 0 unspecified atom stereocenters. The van der Waals surface area contributed by atoms with E-state index in [9.17, 15) is 8.42 Å². The van der Waals surface area contributed by atoms with Crippen LogP contribution in [0.5, 0.6) is 17.2 Å². The normalized spacial score (nSPS) is 11.1. The van der Waals surface area contributed by atoms with Crippen molar-refractivity contribution < 1.29 is 17.9 Å². The van der Waals surface area contributed by atoms with Crippen molar-refractivity contribution in [2.24, 2.45) is 0 Å². The van der Waals surface area contributed by atoms with Crippen LogP contribution >= 0.6 is 0 Å². The van der Waals surface area contributed by atoms with Crippen molar-refractivity contribution in [1.29, 1.82) is 0 Å². The van der Waals surface area contributed by atoms with Crippen LogP contribution in [0, 0.1) is 6.92 Å². The highest BCUT2D eigenvalue weighted by Crippen LogP contribution is 2.31. The fraction of sp³-hybridized carbons (Fsp3) is 0.200. The Hall–Kier alpha value is -3.97. The Labute approximate surface area is 219 Å². The third-order valence-corrected chi connectivity index (χ3v) is 6.40. The Kier molecular flexibility index (Phi) is 8.36. The highest BCUT2D eigenvalue weighted by atomic mass is 32.2. The standard InChI is InChI=1S/C30H32N2O4S/c1-4-35-27-12-8-13-28(20-27)36-26-18-16-25(17-19-26)22-32(21-24-10-6-5-7-11-24)30-15-9-14-29(23(30)2)31-37(3,33)34/h5-20,31H,4,21-22H2,1-3H3. The number of hydrogen-bond donors (Lipinski definition) is 1. The van der Waals surface area contributed by atoms with Crippen molar-refractivity contribution in [1.82, 2.24) is 0 Å².